The molecular formula is C23H23F3N6O3. The molecule has 0 bridgehead atoms. The van der Waals surface area contributed by atoms with Gasteiger partial charge in [-0.05, 0) is 23.8 Å². The largest absolute Gasteiger partial charge is 0.416 e. The van der Waals surface area contributed by atoms with Gasteiger partial charge in [-0.3, -0.25) is 19.9 Å². The molecule has 3 aromatic rings. The molecule has 35 heavy (non-hydrogen) atoms. The number of carbonyl (C=O) groups is 1. The second-order valence-corrected chi connectivity index (χ2v) is 8.13. The van der Waals surface area contributed by atoms with Crippen LogP contribution in [0.15, 0.2) is 48.7 Å². The molecule has 0 aliphatic carbocycles. The lowest BCUT2D eigenvalue weighted by molar-refractivity contribution is -0.384. The minimum atomic E-state index is -4.57. The van der Waals surface area contributed by atoms with Crippen LogP contribution in [0, 0.1) is 10.1 Å². The summed E-state index contributed by atoms with van der Waals surface area (Å²) < 4.78 is 40.6. The first-order valence-corrected chi connectivity index (χ1v) is 10.9. The Morgan fingerprint density at radius 3 is 2.54 bits per heavy atom. The molecule has 1 aliphatic rings. The molecule has 0 saturated carbocycles. The number of halogens is 3. The number of carbonyl (C=O) groups excluding carboxylic acids is 1. The van der Waals surface area contributed by atoms with Crippen molar-refractivity contribution in [3.05, 3.63) is 69.9 Å². The van der Waals surface area contributed by atoms with Crippen LogP contribution in [0.4, 0.5) is 30.2 Å². The van der Waals surface area contributed by atoms with Gasteiger partial charge in [-0.1, -0.05) is 12.1 Å². The van der Waals surface area contributed by atoms with Gasteiger partial charge in [-0.15, -0.1) is 0 Å². The zero-order valence-corrected chi connectivity index (χ0v) is 18.6. The van der Waals surface area contributed by atoms with Gasteiger partial charge in [0.1, 0.15) is 0 Å². The van der Waals surface area contributed by atoms with Crippen LogP contribution in [0.3, 0.4) is 0 Å². The molecule has 1 amide bonds. The third kappa shape index (κ3) is 5.43. The number of nitro groups is 1. The van der Waals surface area contributed by atoms with Crippen molar-refractivity contribution in [3.63, 3.8) is 0 Å². The summed E-state index contributed by atoms with van der Waals surface area (Å²) in [5.74, 6) is -0.131. The SMILES string of the molecule is NCC(=O)N1CCN(c2cnc3cc(C(F)(F)F)cc(NCc4cccc([N+](=O)[O-])c4)c3c2)CC1. The van der Waals surface area contributed by atoms with Crippen LogP contribution in [0.5, 0.6) is 0 Å². The Morgan fingerprint density at radius 2 is 1.89 bits per heavy atom. The van der Waals surface area contributed by atoms with Crippen molar-refractivity contribution in [3.8, 4) is 0 Å². The first-order valence-electron chi connectivity index (χ1n) is 10.9. The van der Waals surface area contributed by atoms with Gasteiger partial charge in [0.05, 0.1) is 34.4 Å². The number of hydrogen-bond acceptors (Lipinski definition) is 7. The van der Waals surface area contributed by atoms with E-state index in [0.29, 0.717) is 37.1 Å². The van der Waals surface area contributed by atoms with E-state index in [0.717, 1.165) is 17.8 Å². The van der Waals surface area contributed by atoms with Gasteiger partial charge in [0.15, 0.2) is 0 Å². The summed E-state index contributed by atoms with van der Waals surface area (Å²) in [7, 11) is 0. The maximum absolute atomic E-state index is 13.5. The maximum Gasteiger partial charge on any atom is 0.416 e. The van der Waals surface area contributed by atoms with Crippen LogP contribution >= 0.6 is 0 Å². The molecule has 2 aromatic carbocycles. The second kappa shape index (κ2) is 9.74. The van der Waals surface area contributed by atoms with Crippen molar-refractivity contribution in [2.24, 2.45) is 5.73 Å². The minimum Gasteiger partial charge on any atom is -0.380 e. The topological polar surface area (TPSA) is 118 Å². The minimum absolute atomic E-state index is 0.0569. The molecule has 0 spiro atoms. The molecule has 1 saturated heterocycles. The van der Waals surface area contributed by atoms with Crippen molar-refractivity contribution in [1.29, 1.82) is 0 Å². The van der Waals surface area contributed by atoms with Crippen LogP contribution in [0.25, 0.3) is 10.9 Å². The fraction of sp³-hybridized carbons (Fsp3) is 0.304. The number of nitro benzene ring substituents is 1. The number of nitrogens with two attached hydrogens (primary N) is 1. The number of alkyl halides is 3. The van der Waals surface area contributed by atoms with E-state index in [1.165, 1.54) is 24.4 Å². The van der Waals surface area contributed by atoms with Gasteiger partial charge >= 0.3 is 6.18 Å². The van der Waals surface area contributed by atoms with E-state index in [1.807, 2.05) is 4.90 Å². The zero-order valence-electron chi connectivity index (χ0n) is 18.6. The van der Waals surface area contributed by atoms with Crippen LogP contribution in [0.1, 0.15) is 11.1 Å². The Kier molecular flexibility index (Phi) is 6.74. The van der Waals surface area contributed by atoms with E-state index in [2.05, 4.69) is 10.3 Å². The van der Waals surface area contributed by atoms with Crippen molar-refractivity contribution in [2.45, 2.75) is 12.7 Å². The normalized spacial score (nSPS) is 14.3. The number of nitrogens with zero attached hydrogens (tertiary/aromatic N) is 4. The van der Waals surface area contributed by atoms with Crippen molar-refractivity contribution in [1.82, 2.24) is 9.88 Å². The van der Waals surface area contributed by atoms with E-state index < -0.39 is 16.7 Å². The number of non-ortho nitro benzene ring substituents is 1. The lowest BCUT2D eigenvalue weighted by Gasteiger charge is -2.36. The number of benzene rings is 2. The Balaban J connectivity index is 1.64. The Labute approximate surface area is 198 Å². The molecule has 0 atom stereocenters. The standard InChI is InChI=1S/C23H23F3N6O3/c24-23(25,26)16-9-20(28-13-15-2-1-3-17(8-15)32(34)35)19-11-18(14-29-21(19)10-16)30-4-6-31(7-5-30)22(33)12-27/h1-3,8-11,14,28H,4-7,12-13,27H2. The summed E-state index contributed by atoms with van der Waals surface area (Å²) in [6.45, 7) is 2.07. The quantitative estimate of drug-likeness (QED) is 0.403. The lowest BCUT2D eigenvalue weighted by Crippen LogP contribution is -2.50. The third-order valence-corrected chi connectivity index (χ3v) is 5.89. The number of pyridine rings is 1. The van der Waals surface area contributed by atoms with Crippen LogP contribution in [0.2, 0.25) is 0 Å². The monoisotopic (exact) mass is 488 g/mol. The molecule has 1 aliphatic heterocycles. The summed E-state index contributed by atoms with van der Waals surface area (Å²) in [5, 5.41) is 14.5. The van der Waals surface area contributed by atoms with E-state index in [1.54, 1.807) is 17.0 Å². The van der Waals surface area contributed by atoms with E-state index in [4.69, 9.17) is 5.73 Å². The lowest BCUT2D eigenvalue weighted by atomic mass is 10.1. The number of piperazine rings is 1. The van der Waals surface area contributed by atoms with Crippen LogP contribution < -0.4 is 16.0 Å². The number of nitrogens with one attached hydrogen (secondary N) is 1. The maximum atomic E-state index is 13.5. The van der Waals surface area contributed by atoms with Crippen molar-refractivity contribution >= 4 is 33.9 Å². The van der Waals surface area contributed by atoms with Gasteiger partial charge in [0.2, 0.25) is 5.91 Å². The Morgan fingerprint density at radius 1 is 1.14 bits per heavy atom. The molecule has 0 unspecified atom stereocenters. The van der Waals surface area contributed by atoms with E-state index >= 15 is 0 Å². The van der Waals surface area contributed by atoms with Crippen molar-refractivity contribution < 1.29 is 22.9 Å². The predicted molar refractivity (Wildman–Crippen MR) is 125 cm³/mol. The van der Waals surface area contributed by atoms with E-state index in [-0.39, 0.29) is 35.9 Å². The second-order valence-electron chi connectivity index (χ2n) is 8.13. The summed E-state index contributed by atoms with van der Waals surface area (Å²) in [5.41, 5.74) is 6.13. The third-order valence-electron chi connectivity index (χ3n) is 5.89. The molecule has 1 fully saturated rings. The van der Waals surface area contributed by atoms with Gasteiger partial charge in [0.25, 0.3) is 5.69 Å². The molecule has 12 heteroatoms. The molecule has 3 N–H and O–H groups in total. The summed E-state index contributed by atoms with van der Waals surface area (Å²) >= 11 is 0. The highest BCUT2D eigenvalue weighted by molar-refractivity contribution is 5.94. The smallest absolute Gasteiger partial charge is 0.380 e. The first-order chi connectivity index (χ1) is 16.7. The number of amides is 1. The molecule has 0 radical (unpaired) electrons. The van der Waals surface area contributed by atoms with Crippen molar-refractivity contribution in [2.75, 3.05) is 42.9 Å². The number of fused-ring (bicyclic) bond motifs is 1. The highest BCUT2D eigenvalue weighted by atomic mass is 19.4. The number of anilines is 2. The number of aromatic nitrogens is 1. The first kappa shape index (κ1) is 24.2. The van der Waals surface area contributed by atoms with Crippen LogP contribution in [-0.4, -0.2) is 53.4 Å². The van der Waals surface area contributed by atoms with Crippen LogP contribution in [-0.2, 0) is 17.5 Å². The molecule has 2 heterocycles. The average molecular weight is 488 g/mol. The van der Waals surface area contributed by atoms with Gasteiger partial charge < -0.3 is 20.9 Å². The zero-order chi connectivity index (χ0) is 25.2. The molecule has 184 valence electrons. The fourth-order valence-corrected chi connectivity index (χ4v) is 4.02. The summed E-state index contributed by atoms with van der Waals surface area (Å²) in [4.78, 5) is 30.3. The number of hydrogen-bond donors (Lipinski definition) is 2. The van der Waals surface area contributed by atoms with Gasteiger partial charge in [-0.25, -0.2) is 0 Å². The number of rotatable bonds is 6. The molecular weight excluding hydrogens is 465 g/mol. The highest BCUT2D eigenvalue weighted by Gasteiger charge is 2.32. The predicted octanol–water partition coefficient (Wildman–Crippen LogP) is 3.38. The molecule has 1 aromatic heterocycles. The summed E-state index contributed by atoms with van der Waals surface area (Å²) in [6.07, 6.45) is -3.05. The highest BCUT2D eigenvalue weighted by Crippen LogP contribution is 2.36. The van der Waals surface area contributed by atoms with E-state index in [9.17, 15) is 28.1 Å². The Bertz CT molecular complexity index is 1260. The van der Waals surface area contributed by atoms with Gasteiger partial charge in [-0.2, -0.15) is 13.2 Å². The average Bonchev–Trinajstić information content (AvgIpc) is 2.86. The molecule has 4 rings (SSSR count). The Hall–Kier alpha value is -3.93. The summed E-state index contributed by atoms with van der Waals surface area (Å²) in [6, 6.07) is 9.67. The fourth-order valence-electron chi connectivity index (χ4n) is 4.02. The molecule has 9 nitrogen and oxygen atoms in total. The van der Waals surface area contributed by atoms with Gasteiger partial charge in [0, 0.05) is 55.9 Å².